The number of hydrogen-bond acceptors (Lipinski definition) is 4. The highest BCUT2D eigenvalue weighted by molar-refractivity contribution is 9.10. The summed E-state index contributed by atoms with van der Waals surface area (Å²) < 4.78 is 21.5. The Morgan fingerprint density at radius 2 is 2.16 bits per heavy atom. The number of benzene rings is 1. The standard InChI is InChI=1S/C12H8BrFN4O/c1-18-11-8(5-17-18)12(16-6-15-11)19-10-3-2-7(13)4-9(10)14/h2-6H,1H3. The Bertz CT molecular complexity index is 759. The van der Waals surface area contributed by atoms with Crippen LogP contribution in [-0.4, -0.2) is 19.7 Å². The van der Waals surface area contributed by atoms with Gasteiger partial charge in [0.2, 0.25) is 5.88 Å². The van der Waals surface area contributed by atoms with Crippen molar-refractivity contribution in [3.05, 3.63) is 41.0 Å². The molecule has 0 aliphatic rings. The van der Waals surface area contributed by atoms with E-state index in [1.54, 1.807) is 24.0 Å². The second kappa shape index (κ2) is 4.58. The van der Waals surface area contributed by atoms with Crippen LogP contribution in [0.15, 0.2) is 35.2 Å². The molecule has 3 aromatic rings. The summed E-state index contributed by atoms with van der Waals surface area (Å²) in [6.45, 7) is 0. The highest BCUT2D eigenvalue weighted by Gasteiger charge is 2.12. The van der Waals surface area contributed by atoms with Gasteiger partial charge in [-0.05, 0) is 18.2 Å². The molecule has 19 heavy (non-hydrogen) atoms. The van der Waals surface area contributed by atoms with Crippen molar-refractivity contribution in [2.24, 2.45) is 7.05 Å². The van der Waals surface area contributed by atoms with Crippen molar-refractivity contribution in [1.29, 1.82) is 0 Å². The average Bonchev–Trinajstić information content (AvgIpc) is 2.76. The molecule has 2 aromatic heterocycles. The van der Waals surface area contributed by atoms with Gasteiger partial charge in [-0.2, -0.15) is 5.10 Å². The highest BCUT2D eigenvalue weighted by Crippen LogP contribution is 2.29. The Morgan fingerprint density at radius 1 is 1.32 bits per heavy atom. The van der Waals surface area contributed by atoms with E-state index in [0.29, 0.717) is 15.5 Å². The van der Waals surface area contributed by atoms with Crippen LogP contribution in [0.3, 0.4) is 0 Å². The predicted octanol–water partition coefficient (Wildman–Crippen LogP) is 3.06. The third-order valence-corrected chi connectivity index (χ3v) is 3.09. The van der Waals surface area contributed by atoms with Gasteiger partial charge in [-0.1, -0.05) is 15.9 Å². The van der Waals surface area contributed by atoms with Crippen molar-refractivity contribution in [3.63, 3.8) is 0 Å². The Labute approximate surface area is 116 Å². The minimum absolute atomic E-state index is 0.104. The molecule has 0 N–H and O–H groups in total. The summed E-state index contributed by atoms with van der Waals surface area (Å²) >= 11 is 3.19. The monoisotopic (exact) mass is 322 g/mol. The number of ether oxygens (including phenoxy) is 1. The van der Waals surface area contributed by atoms with Crippen molar-refractivity contribution in [3.8, 4) is 11.6 Å². The van der Waals surface area contributed by atoms with Crippen molar-refractivity contribution >= 4 is 27.0 Å². The average molecular weight is 323 g/mol. The number of hydrogen-bond donors (Lipinski definition) is 0. The molecule has 0 atom stereocenters. The maximum absolute atomic E-state index is 13.7. The molecule has 1 aromatic carbocycles. The first kappa shape index (κ1) is 12.0. The lowest BCUT2D eigenvalue weighted by Crippen LogP contribution is -1.95. The molecule has 96 valence electrons. The fourth-order valence-electron chi connectivity index (χ4n) is 1.68. The highest BCUT2D eigenvalue weighted by atomic mass is 79.9. The van der Waals surface area contributed by atoms with E-state index in [2.05, 4.69) is 31.0 Å². The second-order valence-corrected chi connectivity index (χ2v) is 4.78. The van der Waals surface area contributed by atoms with E-state index in [9.17, 15) is 4.39 Å². The molecule has 3 rings (SSSR count). The second-order valence-electron chi connectivity index (χ2n) is 3.86. The van der Waals surface area contributed by atoms with Gasteiger partial charge >= 0.3 is 0 Å². The van der Waals surface area contributed by atoms with Crippen molar-refractivity contribution in [2.45, 2.75) is 0 Å². The van der Waals surface area contributed by atoms with Crippen molar-refractivity contribution in [2.75, 3.05) is 0 Å². The maximum Gasteiger partial charge on any atom is 0.233 e. The van der Waals surface area contributed by atoms with Gasteiger partial charge in [-0.3, -0.25) is 4.68 Å². The Morgan fingerprint density at radius 3 is 2.95 bits per heavy atom. The topological polar surface area (TPSA) is 52.8 Å². The Kier molecular flexibility index (Phi) is 2.90. The summed E-state index contributed by atoms with van der Waals surface area (Å²) in [7, 11) is 1.76. The molecule has 0 fully saturated rings. The molecule has 0 radical (unpaired) electrons. The number of nitrogens with zero attached hydrogens (tertiary/aromatic N) is 4. The lowest BCUT2D eigenvalue weighted by Gasteiger charge is -2.06. The Hall–Kier alpha value is -2.02. The van der Waals surface area contributed by atoms with E-state index in [1.807, 2.05) is 0 Å². The number of halogens is 2. The maximum atomic E-state index is 13.7. The molecule has 0 saturated heterocycles. The molecule has 0 amide bonds. The molecule has 0 spiro atoms. The van der Waals surface area contributed by atoms with Gasteiger partial charge in [0, 0.05) is 11.5 Å². The van der Waals surface area contributed by atoms with Crippen LogP contribution >= 0.6 is 15.9 Å². The van der Waals surface area contributed by atoms with E-state index >= 15 is 0 Å². The van der Waals surface area contributed by atoms with E-state index in [-0.39, 0.29) is 11.6 Å². The first-order chi connectivity index (χ1) is 9.15. The minimum Gasteiger partial charge on any atom is -0.435 e. The van der Waals surface area contributed by atoms with Crippen molar-refractivity contribution < 1.29 is 9.13 Å². The van der Waals surface area contributed by atoms with Crippen LogP contribution in [-0.2, 0) is 7.05 Å². The van der Waals surface area contributed by atoms with Gasteiger partial charge in [-0.25, -0.2) is 14.4 Å². The summed E-state index contributed by atoms with van der Waals surface area (Å²) in [6, 6.07) is 4.56. The normalized spacial score (nSPS) is 10.9. The largest absolute Gasteiger partial charge is 0.435 e. The zero-order chi connectivity index (χ0) is 13.4. The molecule has 0 saturated carbocycles. The molecule has 2 heterocycles. The SMILES string of the molecule is Cn1ncc2c(Oc3ccc(Br)cc3F)ncnc21. The molecule has 7 heteroatoms. The van der Waals surface area contributed by atoms with Gasteiger partial charge in [0.15, 0.2) is 17.2 Å². The summed E-state index contributed by atoms with van der Waals surface area (Å²) in [6.07, 6.45) is 2.94. The van der Waals surface area contributed by atoms with Gasteiger partial charge in [0.05, 0.1) is 6.20 Å². The van der Waals surface area contributed by atoms with Crippen LogP contribution in [0, 0.1) is 5.82 Å². The van der Waals surface area contributed by atoms with E-state index < -0.39 is 5.82 Å². The van der Waals surface area contributed by atoms with Crippen LogP contribution in [0.2, 0.25) is 0 Å². The summed E-state index contributed by atoms with van der Waals surface area (Å²) in [4.78, 5) is 8.10. The fourth-order valence-corrected chi connectivity index (χ4v) is 2.02. The summed E-state index contributed by atoms with van der Waals surface area (Å²) in [5.74, 6) is -0.0867. The van der Waals surface area contributed by atoms with E-state index in [0.717, 1.165) is 0 Å². The number of fused-ring (bicyclic) bond motifs is 1. The predicted molar refractivity (Wildman–Crippen MR) is 70.5 cm³/mol. The molecule has 5 nitrogen and oxygen atoms in total. The number of rotatable bonds is 2. The third kappa shape index (κ3) is 2.17. The van der Waals surface area contributed by atoms with Crippen LogP contribution < -0.4 is 4.74 Å². The van der Waals surface area contributed by atoms with Gasteiger partial charge in [0.25, 0.3) is 0 Å². The number of aryl methyl sites for hydroxylation is 1. The van der Waals surface area contributed by atoms with Gasteiger partial charge in [0.1, 0.15) is 11.7 Å². The lowest BCUT2D eigenvalue weighted by atomic mass is 10.3. The summed E-state index contributed by atoms with van der Waals surface area (Å²) in [5.41, 5.74) is 0.627. The van der Waals surface area contributed by atoms with Crippen LogP contribution in [0.1, 0.15) is 0 Å². The quantitative estimate of drug-likeness (QED) is 0.727. The van der Waals surface area contributed by atoms with Crippen LogP contribution in [0.4, 0.5) is 4.39 Å². The molecule has 0 aliphatic carbocycles. The molecular formula is C12H8BrFN4O. The first-order valence-corrected chi connectivity index (χ1v) is 6.20. The molecule has 0 bridgehead atoms. The third-order valence-electron chi connectivity index (χ3n) is 2.59. The smallest absolute Gasteiger partial charge is 0.233 e. The fraction of sp³-hybridized carbons (Fsp3) is 0.0833. The molecular weight excluding hydrogens is 315 g/mol. The number of aromatic nitrogens is 4. The lowest BCUT2D eigenvalue weighted by molar-refractivity contribution is 0.431. The van der Waals surface area contributed by atoms with Crippen molar-refractivity contribution in [1.82, 2.24) is 19.7 Å². The molecule has 0 unspecified atom stereocenters. The zero-order valence-corrected chi connectivity index (χ0v) is 11.4. The van der Waals surface area contributed by atoms with Gasteiger partial charge < -0.3 is 4.74 Å². The molecule has 0 aliphatic heterocycles. The zero-order valence-electron chi connectivity index (χ0n) is 9.84. The first-order valence-electron chi connectivity index (χ1n) is 5.41. The van der Waals surface area contributed by atoms with Gasteiger partial charge in [-0.15, -0.1) is 0 Å². The summed E-state index contributed by atoms with van der Waals surface area (Å²) in [5, 5.41) is 4.70. The Balaban J connectivity index is 2.06. The van der Waals surface area contributed by atoms with Crippen LogP contribution in [0.5, 0.6) is 11.6 Å². The van der Waals surface area contributed by atoms with E-state index in [4.69, 9.17) is 4.74 Å². The van der Waals surface area contributed by atoms with Crippen LogP contribution in [0.25, 0.3) is 11.0 Å². The minimum atomic E-state index is -0.468. The van der Waals surface area contributed by atoms with E-state index in [1.165, 1.54) is 18.5 Å².